The maximum absolute atomic E-state index is 11.3. The van der Waals surface area contributed by atoms with Crippen LogP contribution in [0, 0.1) is 16.0 Å². The predicted molar refractivity (Wildman–Crippen MR) is 87.5 cm³/mol. The number of rotatable bonds is 5. The lowest BCUT2D eigenvalue weighted by Gasteiger charge is -2.20. The standard InChI is InChI=1S/C15H18BrN3O2/c1-9(2)14(17-3)7-12-11-6-10(16)4-5-13(11)18-8-15(12)19(20)21/h4-6,8-9,14,17H,7H2,1-3H3. The number of aromatic nitrogens is 1. The van der Waals surface area contributed by atoms with E-state index in [2.05, 4.69) is 40.1 Å². The number of hydrogen-bond acceptors (Lipinski definition) is 4. The fourth-order valence-corrected chi connectivity index (χ4v) is 2.83. The second-order valence-corrected chi connectivity index (χ2v) is 6.30. The van der Waals surface area contributed by atoms with Gasteiger partial charge in [0.2, 0.25) is 0 Å². The summed E-state index contributed by atoms with van der Waals surface area (Å²) in [6, 6.07) is 5.84. The molecule has 112 valence electrons. The van der Waals surface area contributed by atoms with Crippen molar-refractivity contribution in [2.75, 3.05) is 7.05 Å². The van der Waals surface area contributed by atoms with E-state index >= 15 is 0 Å². The zero-order valence-electron chi connectivity index (χ0n) is 12.3. The number of benzene rings is 1. The largest absolute Gasteiger partial charge is 0.316 e. The first kappa shape index (κ1) is 15.9. The fraction of sp³-hybridized carbons (Fsp3) is 0.400. The molecule has 0 bridgehead atoms. The van der Waals surface area contributed by atoms with Crippen LogP contribution in [0.15, 0.2) is 28.9 Å². The van der Waals surface area contributed by atoms with Crippen molar-refractivity contribution in [1.82, 2.24) is 10.3 Å². The summed E-state index contributed by atoms with van der Waals surface area (Å²) in [4.78, 5) is 15.2. The minimum Gasteiger partial charge on any atom is -0.316 e. The van der Waals surface area contributed by atoms with Crippen LogP contribution in [0.2, 0.25) is 0 Å². The van der Waals surface area contributed by atoms with Gasteiger partial charge in [-0.1, -0.05) is 29.8 Å². The molecule has 2 rings (SSSR count). The van der Waals surface area contributed by atoms with Crippen LogP contribution in [0.25, 0.3) is 10.9 Å². The molecule has 1 heterocycles. The molecular weight excluding hydrogens is 334 g/mol. The van der Waals surface area contributed by atoms with Crippen molar-refractivity contribution in [1.29, 1.82) is 0 Å². The SMILES string of the molecule is CNC(Cc1c([N+](=O)[O-])cnc2ccc(Br)cc12)C(C)C. The van der Waals surface area contributed by atoms with Gasteiger partial charge < -0.3 is 5.32 Å². The summed E-state index contributed by atoms with van der Waals surface area (Å²) in [5.41, 5.74) is 1.60. The van der Waals surface area contributed by atoms with E-state index < -0.39 is 0 Å². The highest BCUT2D eigenvalue weighted by Crippen LogP contribution is 2.30. The van der Waals surface area contributed by atoms with E-state index in [1.54, 1.807) is 0 Å². The van der Waals surface area contributed by atoms with E-state index in [9.17, 15) is 10.1 Å². The van der Waals surface area contributed by atoms with Crippen LogP contribution in [0.4, 0.5) is 5.69 Å². The number of nitrogens with one attached hydrogen (secondary N) is 1. The topological polar surface area (TPSA) is 68.1 Å². The highest BCUT2D eigenvalue weighted by molar-refractivity contribution is 9.10. The molecule has 5 nitrogen and oxygen atoms in total. The molecule has 0 saturated carbocycles. The second-order valence-electron chi connectivity index (χ2n) is 5.38. The molecule has 1 aromatic heterocycles. The minimum absolute atomic E-state index is 0.0847. The molecule has 1 unspecified atom stereocenters. The molecular formula is C15H18BrN3O2. The highest BCUT2D eigenvalue weighted by atomic mass is 79.9. The molecule has 1 atom stereocenters. The third-order valence-corrected chi connectivity index (χ3v) is 4.21. The molecule has 1 aromatic carbocycles. The molecule has 0 saturated heterocycles. The average molecular weight is 352 g/mol. The van der Waals surface area contributed by atoms with Gasteiger partial charge in [0.1, 0.15) is 6.20 Å². The Kier molecular flexibility index (Phi) is 4.90. The van der Waals surface area contributed by atoms with Crippen LogP contribution in [-0.4, -0.2) is 23.0 Å². The smallest absolute Gasteiger partial charge is 0.291 e. The Bertz CT molecular complexity index is 673. The number of nitro groups is 1. The quantitative estimate of drug-likeness (QED) is 0.658. The van der Waals surface area contributed by atoms with E-state index in [-0.39, 0.29) is 16.7 Å². The van der Waals surface area contributed by atoms with Crippen molar-refractivity contribution < 1.29 is 4.92 Å². The Morgan fingerprint density at radius 3 is 2.71 bits per heavy atom. The number of halogens is 1. The van der Waals surface area contributed by atoms with Gasteiger partial charge in [0.05, 0.1) is 10.4 Å². The van der Waals surface area contributed by atoms with Crippen molar-refractivity contribution in [3.63, 3.8) is 0 Å². The Labute approximate surface area is 132 Å². The van der Waals surface area contributed by atoms with Crippen molar-refractivity contribution in [2.45, 2.75) is 26.3 Å². The van der Waals surface area contributed by atoms with Crippen molar-refractivity contribution >= 4 is 32.5 Å². The van der Waals surface area contributed by atoms with Gasteiger partial charge in [-0.3, -0.25) is 10.1 Å². The van der Waals surface area contributed by atoms with Gasteiger partial charge in [0.15, 0.2) is 0 Å². The lowest BCUT2D eigenvalue weighted by molar-refractivity contribution is -0.385. The fourth-order valence-electron chi connectivity index (χ4n) is 2.47. The molecule has 6 heteroatoms. The summed E-state index contributed by atoms with van der Waals surface area (Å²) >= 11 is 3.43. The second kappa shape index (κ2) is 6.49. The summed E-state index contributed by atoms with van der Waals surface area (Å²) in [6.45, 7) is 4.21. The Morgan fingerprint density at radius 1 is 1.43 bits per heavy atom. The summed E-state index contributed by atoms with van der Waals surface area (Å²) in [5, 5.41) is 15.4. The number of pyridine rings is 1. The van der Waals surface area contributed by atoms with Crippen molar-refractivity contribution in [3.8, 4) is 0 Å². The summed E-state index contributed by atoms with van der Waals surface area (Å²) in [5.74, 6) is 0.380. The van der Waals surface area contributed by atoms with Gasteiger partial charge in [-0.2, -0.15) is 0 Å². The van der Waals surface area contributed by atoms with E-state index in [1.165, 1.54) is 6.20 Å². The summed E-state index contributed by atoms with van der Waals surface area (Å²) in [7, 11) is 1.88. The van der Waals surface area contributed by atoms with Gasteiger partial charge in [0.25, 0.3) is 5.69 Å². The Balaban J connectivity index is 2.63. The van der Waals surface area contributed by atoms with Crippen LogP contribution in [0.1, 0.15) is 19.4 Å². The highest BCUT2D eigenvalue weighted by Gasteiger charge is 2.22. The van der Waals surface area contributed by atoms with E-state index in [1.807, 2.05) is 25.2 Å². The maximum atomic E-state index is 11.3. The number of nitrogens with zero attached hydrogens (tertiary/aromatic N) is 2. The molecule has 0 fully saturated rings. The summed E-state index contributed by atoms with van der Waals surface area (Å²) in [6.07, 6.45) is 1.96. The third kappa shape index (κ3) is 3.39. The zero-order valence-corrected chi connectivity index (χ0v) is 13.8. The number of likely N-dealkylation sites (N-methyl/N-ethyl adjacent to an activating group) is 1. The molecule has 0 aliphatic heterocycles. The predicted octanol–water partition coefficient (Wildman–Crippen LogP) is 3.69. The van der Waals surface area contributed by atoms with Gasteiger partial charge in [-0.15, -0.1) is 0 Å². The Morgan fingerprint density at radius 2 is 2.14 bits per heavy atom. The normalized spacial score (nSPS) is 12.8. The first-order valence-electron chi connectivity index (χ1n) is 6.82. The zero-order chi connectivity index (χ0) is 15.6. The molecule has 21 heavy (non-hydrogen) atoms. The molecule has 0 amide bonds. The van der Waals surface area contributed by atoms with E-state index in [4.69, 9.17) is 0 Å². The number of hydrogen-bond donors (Lipinski definition) is 1. The van der Waals surface area contributed by atoms with Gasteiger partial charge in [0, 0.05) is 21.5 Å². The first-order chi connectivity index (χ1) is 9.93. The van der Waals surface area contributed by atoms with Crippen LogP contribution in [0.3, 0.4) is 0 Å². The van der Waals surface area contributed by atoms with Crippen LogP contribution < -0.4 is 5.32 Å². The van der Waals surface area contributed by atoms with Crippen molar-refractivity contribution in [3.05, 3.63) is 44.5 Å². The van der Waals surface area contributed by atoms with E-state index in [0.717, 1.165) is 20.9 Å². The lowest BCUT2D eigenvalue weighted by atomic mass is 9.94. The molecule has 0 aliphatic rings. The molecule has 0 radical (unpaired) electrons. The van der Waals surface area contributed by atoms with Crippen LogP contribution >= 0.6 is 15.9 Å². The first-order valence-corrected chi connectivity index (χ1v) is 7.62. The van der Waals surface area contributed by atoms with Gasteiger partial charge in [-0.25, -0.2) is 4.98 Å². The van der Waals surface area contributed by atoms with Crippen LogP contribution in [0.5, 0.6) is 0 Å². The third-order valence-electron chi connectivity index (χ3n) is 3.72. The van der Waals surface area contributed by atoms with Gasteiger partial charge >= 0.3 is 0 Å². The van der Waals surface area contributed by atoms with Crippen molar-refractivity contribution in [2.24, 2.45) is 5.92 Å². The molecule has 0 aliphatic carbocycles. The monoisotopic (exact) mass is 351 g/mol. The Hall–Kier alpha value is -1.53. The minimum atomic E-state index is -0.351. The molecule has 2 aromatic rings. The summed E-state index contributed by atoms with van der Waals surface area (Å²) < 4.78 is 0.893. The average Bonchev–Trinajstić information content (AvgIpc) is 2.43. The molecule has 1 N–H and O–H groups in total. The molecule has 0 spiro atoms. The number of fused-ring (bicyclic) bond motifs is 1. The lowest BCUT2D eigenvalue weighted by Crippen LogP contribution is -2.33. The van der Waals surface area contributed by atoms with Crippen LogP contribution in [-0.2, 0) is 6.42 Å². The maximum Gasteiger partial charge on any atom is 0.291 e. The van der Waals surface area contributed by atoms with Gasteiger partial charge in [-0.05, 0) is 37.6 Å². The van der Waals surface area contributed by atoms with E-state index in [0.29, 0.717) is 12.3 Å².